The van der Waals surface area contributed by atoms with Gasteiger partial charge in [0.15, 0.2) is 0 Å². The van der Waals surface area contributed by atoms with Crippen molar-refractivity contribution in [2.45, 2.75) is 0 Å². The number of hydrogen-bond donors (Lipinski definition) is 0. The second-order valence-electron chi connectivity index (χ2n) is 7.95. The van der Waals surface area contributed by atoms with Gasteiger partial charge in [0, 0.05) is 23.3 Å². The lowest BCUT2D eigenvalue weighted by Gasteiger charge is -2.14. The Morgan fingerprint density at radius 2 is 0.833 bits per heavy atom. The van der Waals surface area contributed by atoms with E-state index in [1.165, 1.54) is 55.1 Å². The van der Waals surface area contributed by atoms with E-state index in [1.807, 2.05) is 0 Å². The second kappa shape index (κ2) is 6.36. The van der Waals surface area contributed by atoms with Gasteiger partial charge in [-0.3, -0.25) is 0 Å². The molecule has 0 N–H and O–H groups in total. The Balaban J connectivity index is 1.89. The monoisotopic (exact) mass is 386 g/mol. The minimum absolute atomic E-state index is 1.24. The van der Waals surface area contributed by atoms with Gasteiger partial charge in [-0.2, -0.15) is 9.13 Å². The van der Waals surface area contributed by atoms with Crippen molar-refractivity contribution in [1.82, 2.24) is 0 Å². The van der Waals surface area contributed by atoms with E-state index in [4.69, 9.17) is 0 Å². The van der Waals surface area contributed by atoms with Gasteiger partial charge in [0.25, 0.3) is 0 Å². The second-order valence-corrected chi connectivity index (χ2v) is 7.95. The van der Waals surface area contributed by atoms with Crippen LogP contribution in [0.3, 0.4) is 0 Å². The Labute approximate surface area is 175 Å². The lowest BCUT2D eigenvalue weighted by molar-refractivity contribution is -0.634. The molecule has 6 aromatic rings. The van der Waals surface area contributed by atoms with Crippen molar-refractivity contribution in [3.05, 3.63) is 97.1 Å². The lowest BCUT2D eigenvalue weighted by atomic mass is 9.93. The number of aryl methyl sites for hydroxylation is 2. The Hall–Kier alpha value is -3.78. The van der Waals surface area contributed by atoms with Gasteiger partial charge in [-0.05, 0) is 36.4 Å². The predicted molar refractivity (Wildman–Crippen MR) is 123 cm³/mol. The number of aromatic nitrogens is 2. The first-order valence-electron chi connectivity index (χ1n) is 10.3. The number of rotatable bonds is 2. The molecular formula is C28H22N2+2. The molecule has 0 spiro atoms. The van der Waals surface area contributed by atoms with Crippen molar-refractivity contribution in [3.8, 4) is 22.5 Å². The van der Waals surface area contributed by atoms with Crippen LogP contribution in [-0.2, 0) is 14.1 Å². The van der Waals surface area contributed by atoms with Crippen LogP contribution in [0.25, 0.3) is 55.1 Å². The Bertz CT molecular complexity index is 1410. The minimum atomic E-state index is 1.24. The zero-order valence-corrected chi connectivity index (χ0v) is 17.1. The smallest absolute Gasteiger partial charge is 0.194 e. The highest BCUT2D eigenvalue weighted by molar-refractivity contribution is 6.23. The molecule has 0 saturated heterocycles. The van der Waals surface area contributed by atoms with Crippen LogP contribution in [0.4, 0.5) is 0 Å². The highest BCUT2D eigenvalue weighted by Gasteiger charge is 2.29. The predicted octanol–water partition coefficient (Wildman–Crippen LogP) is 5.57. The molecule has 4 aromatic carbocycles. The van der Waals surface area contributed by atoms with Crippen LogP contribution in [-0.4, -0.2) is 0 Å². The fourth-order valence-corrected chi connectivity index (χ4v) is 5.05. The maximum absolute atomic E-state index is 2.36. The van der Waals surface area contributed by atoms with E-state index >= 15 is 0 Å². The minimum Gasteiger partial charge on any atom is -0.194 e. The van der Waals surface area contributed by atoms with Crippen molar-refractivity contribution >= 4 is 32.6 Å². The third-order valence-corrected chi connectivity index (χ3v) is 6.33. The average molecular weight is 386 g/mol. The highest BCUT2D eigenvalue weighted by Crippen LogP contribution is 2.38. The standard InChI is InChI=1S/C28H22N2/c1-29-23-17-9-16-22-25(23)26-21(27(29)19-11-5-3-6-12-19)15-10-18-24(26)30(2)28(22)20-13-7-4-8-14-20/h3-18H,1-2H3/q+2. The first kappa shape index (κ1) is 17.1. The first-order chi connectivity index (χ1) is 14.8. The Morgan fingerprint density at radius 3 is 1.23 bits per heavy atom. The van der Waals surface area contributed by atoms with Gasteiger partial charge >= 0.3 is 0 Å². The topological polar surface area (TPSA) is 7.76 Å². The molecule has 2 nitrogen and oxygen atoms in total. The quantitative estimate of drug-likeness (QED) is 0.272. The molecule has 0 fully saturated rings. The van der Waals surface area contributed by atoms with Gasteiger partial charge in [-0.1, -0.05) is 48.5 Å². The van der Waals surface area contributed by atoms with Gasteiger partial charge in [-0.15, -0.1) is 0 Å². The molecule has 0 saturated carbocycles. The van der Waals surface area contributed by atoms with Gasteiger partial charge in [0.2, 0.25) is 22.4 Å². The summed E-state index contributed by atoms with van der Waals surface area (Å²) in [6.07, 6.45) is 0. The molecule has 2 heterocycles. The number of pyridine rings is 2. The largest absolute Gasteiger partial charge is 0.220 e. The zero-order chi connectivity index (χ0) is 20.2. The van der Waals surface area contributed by atoms with Crippen molar-refractivity contribution in [3.63, 3.8) is 0 Å². The molecule has 2 heteroatoms. The van der Waals surface area contributed by atoms with Crippen LogP contribution in [0.2, 0.25) is 0 Å². The van der Waals surface area contributed by atoms with Crippen molar-refractivity contribution in [2.75, 3.05) is 0 Å². The number of benzene rings is 4. The molecule has 0 atom stereocenters. The molecule has 0 unspecified atom stereocenters. The summed E-state index contributed by atoms with van der Waals surface area (Å²) in [6, 6.07) is 34.8. The highest BCUT2D eigenvalue weighted by atomic mass is 15.0. The summed E-state index contributed by atoms with van der Waals surface area (Å²) in [7, 11) is 4.38. The summed E-state index contributed by atoms with van der Waals surface area (Å²) >= 11 is 0. The van der Waals surface area contributed by atoms with Crippen LogP contribution >= 0.6 is 0 Å². The van der Waals surface area contributed by atoms with E-state index < -0.39 is 0 Å². The average Bonchev–Trinajstić information content (AvgIpc) is 2.80. The summed E-state index contributed by atoms with van der Waals surface area (Å²) in [6.45, 7) is 0. The molecule has 0 aliphatic rings. The maximum Gasteiger partial charge on any atom is 0.220 e. The first-order valence-corrected chi connectivity index (χ1v) is 10.3. The van der Waals surface area contributed by atoms with E-state index in [0.29, 0.717) is 0 Å². The summed E-state index contributed by atoms with van der Waals surface area (Å²) in [4.78, 5) is 0. The molecule has 0 aliphatic heterocycles. The Morgan fingerprint density at radius 1 is 0.433 bits per heavy atom. The SMILES string of the molecule is C[n+]1c(-c2ccccc2)c2cccc3c2c2c(cccc21)c(-c1ccccc1)[n+]3C. The third kappa shape index (κ3) is 2.25. The molecule has 142 valence electrons. The van der Waals surface area contributed by atoms with Crippen LogP contribution in [0.1, 0.15) is 0 Å². The number of hydrogen-bond acceptors (Lipinski definition) is 0. The molecule has 0 amide bonds. The van der Waals surface area contributed by atoms with Crippen LogP contribution in [0.15, 0.2) is 97.1 Å². The van der Waals surface area contributed by atoms with E-state index in [2.05, 4.69) is 120 Å². The molecule has 30 heavy (non-hydrogen) atoms. The summed E-state index contributed by atoms with van der Waals surface area (Å²) in [5.74, 6) is 0. The van der Waals surface area contributed by atoms with E-state index in [-0.39, 0.29) is 0 Å². The van der Waals surface area contributed by atoms with Gasteiger partial charge < -0.3 is 0 Å². The normalized spacial score (nSPS) is 11.7. The van der Waals surface area contributed by atoms with Crippen LogP contribution in [0, 0.1) is 0 Å². The van der Waals surface area contributed by atoms with E-state index in [0.717, 1.165) is 0 Å². The van der Waals surface area contributed by atoms with Gasteiger partial charge in [-0.25, -0.2) is 0 Å². The summed E-state index contributed by atoms with van der Waals surface area (Å²) in [5.41, 5.74) is 7.51. The zero-order valence-electron chi connectivity index (χ0n) is 17.1. The molecule has 0 aliphatic carbocycles. The third-order valence-electron chi connectivity index (χ3n) is 6.33. The maximum atomic E-state index is 2.36. The fourth-order valence-electron chi connectivity index (χ4n) is 5.05. The van der Waals surface area contributed by atoms with Crippen molar-refractivity contribution < 1.29 is 9.13 Å². The molecule has 6 rings (SSSR count). The van der Waals surface area contributed by atoms with E-state index in [9.17, 15) is 0 Å². The van der Waals surface area contributed by atoms with Gasteiger partial charge in [0.05, 0.1) is 21.5 Å². The fraction of sp³-hybridized carbons (Fsp3) is 0.0714. The van der Waals surface area contributed by atoms with Gasteiger partial charge in [0.1, 0.15) is 14.1 Å². The summed E-state index contributed by atoms with van der Waals surface area (Å²) in [5, 5.41) is 5.25. The van der Waals surface area contributed by atoms with E-state index in [1.54, 1.807) is 0 Å². The number of nitrogens with zero attached hydrogens (tertiary/aromatic N) is 2. The van der Waals surface area contributed by atoms with Crippen molar-refractivity contribution in [1.29, 1.82) is 0 Å². The Kier molecular flexibility index (Phi) is 3.63. The van der Waals surface area contributed by atoms with Crippen molar-refractivity contribution in [2.24, 2.45) is 14.1 Å². The van der Waals surface area contributed by atoms with Crippen LogP contribution in [0.5, 0.6) is 0 Å². The molecular weight excluding hydrogens is 364 g/mol. The molecule has 0 bridgehead atoms. The molecule has 0 radical (unpaired) electrons. The summed E-state index contributed by atoms with van der Waals surface area (Å²) < 4.78 is 4.71. The molecule has 2 aromatic heterocycles. The lowest BCUT2D eigenvalue weighted by Crippen LogP contribution is -2.36. The van der Waals surface area contributed by atoms with Crippen LogP contribution < -0.4 is 9.13 Å².